The van der Waals surface area contributed by atoms with E-state index in [1.54, 1.807) is 30.1 Å². The van der Waals surface area contributed by atoms with E-state index in [9.17, 15) is 8.42 Å². The molecule has 1 aliphatic heterocycles. The van der Waals surface area contributed by atoms with Crippen LogP contribution >= 0.6 is 45.3 Å². The lowest BCUT2D eigenvalue weighted by molar-refractivity contribution is 0.409. The first-order valence-corrected chi connectivity index (χ1v) is 44.7. The Hall–Kier alpha value is -8.56. The van der Waals surface area contributed by atoms with Crippen LogP contribution < -0.4 is 0 Å². The molecule has 0 saturated heterocycles. The second-order valence-electron chi connectivity index (χ2n) is 37.3. The SMILES string of the molecule is CC.CC(C)(C)c1cc2ccccc2o1.CC(C)(C)c1cc2ccccc2s1.CC(C)(C)c1ccco1.CC(C)(C)c1cccs1.CC(C)(C)c1ccoc1.CC(C)(C)c1ccsc1.CC(C)(C)c1cnc2c1ccc1ccc[nH]c12.CC(C)(C)c1coc2ccccc12.CC(C)(C)c1csc2ccccc12.O=S1(=O)C=CC=C1. The minimum absolute atomic E-state index is 0.0962. The van der Waals surface area contributed by atoms with Crippen molar-refractivity contribution in [3.8, 4) is 0 Å². The predicted octanol–water partition coefficient (Wildman–Crippen LogP) is 32.6. The first-order valence-electron chi connectivity index (χ1n) is 39.5. The van der Waals surface area contributed by atoms with E-state index >= 15 is 0 Å². The molecule has 5 aromatic carbocycles. The summed E-state index contributed by atoms with van der Waals surface area (Å²) in [5.74, 6) is 2.09. The Morgan fingerprint density at radius 2 is 0.947 bits per heavy atom. The highest BCUT2D eigenvalue weighted by Gasteiger charge is 2.24. The Balaban J connectivity index is 0.000000198. The fourth-order valence-electron chi connectivity index (χ4n) is 11.3. The number of nitrogens with one attached hydrogen (secondary N) is 1. The van der Waals surface area contributed by atoms with E-state index in [0.29, 0.717) is 10.8 Å². The van der Waals surface area contributed by atoms with Gasteiger partial charge in [0.15, 0.2) is 9.84 Å². The van der Waals surface area contributed by atoms with Gasteiger partial charge in [0, 0.05) is 80.3 Å². The molecule has 13 heteroatoms. The standard InChI is InChI=1S/C15H16N2.2C12H14O.2C12H14S.2C8H12O.2C8H12S.C4H4O2S.C2H6/c1-15(2,3)12-9-17-14-11(12)7-6-10-5-4-8-16-13(10)14;1-12(2,3)10-8-13-11-7-5-4-6-9(10)11;1-12(2,3)11-8-9-6-4-5-7-10(9)13-11;1-12(2,3)10-8-13-11-7-5-4-6-9(10)11;1-12(2,3)11-8-9-6-4-5-7-10(9)13-11;1-8(2,3)7-4-5-9-6-7;1-8(2,3)7-5-4-6-9-7;1-8(2,3)7-4-5-9-6-7;1-8(2,3)7-5-4-6-9-7;5-7(6)3-1-2-4-7;1-2/h4-9,16H,1-3H3;4*4-8H,1-3H3;4*4-6H,1-3H3;1-4H;1-2H3. The fourth-order valence-corrected chi connectivity index (χ4v) is 16.0. The van der Waals surface area contributed by atoms with Crippen molar-refractivity contribution in [2.75, 3.05) is 0 Å². The van der Waals surface area contributed by atoms with Crippen LogP contribution in [-0.4, -0.2) is 18.4 Å². The zero-order chi connectivity index (χ0) is 84.9. The summed E-state index contributed by atoms with van der Waals surface area (Å²) in [4.78, 5) is 10.8. The van der Waals surface area contributed by atoms with E-state index in [4.69, 9.17) is 17.7 Å². The summed E-state index contributed by atoms with van der Waals surface area (Å²) in [6, 6.07) is 58.7. The van der Waals surface area contributed by atoms with E-state index in [1.807, 2.05) is 127 Å². The number of aromatic amines is 1. The van der Waals surface area contributed by atoms with Gasteiger partial charge in [-0.15, -0.1) is 34.0 Å². The number of nitrogens with zero attached hydrogens (tertiary/aromatic N) is 1. The maximum atomic E-state index is 10.3. The van der Waals surface area contributed by atoms with Gasteiger partial charge in [-0.3, -0.25) is 4.98 Å². The van der Waals surface area contributed by atoms with Crippen molar-refractivity contribution in [3.63, 3.8) is 0 Å². The third-order valence-electron chi connectivity index (χ3n) is 18.1. The molecule has 114 heavy (non-hydrogen) atoms. The number of furan rings is 4. The summed E-state index contributed by atoms with van der Waals surface area (Å²) in [7, 11) is -2.91. The van der Waals surface area contributed by atoms with Crippen molar-refractivity contribution in [1.29, 1.82) is 0 Å². The Bertz CT molecular complexity index is 5020. The zero-order valence-corrected chi connectivity index (χ0v) is 77.8. The number of rotatable bonds is 0. The van der Waals surface area contributed by atoms with Gasteiger partial charge in [0.25, 0.3) is 0 Å². The quantitative estimate of drug-likeness (QED) is 0.161. The van der Waals surface area contributed by atoms with Crippen molar-refractivity contribution in [2.24, 2.45) is 0 Å². The molecule has 10 aromatic heterocycles. The molecule has 0 spiro atoms. The monoisotopic (exact) mass is 1630 g/mol. The van der Waals surface area contributed by atoms with Gasteiger partial charge in [-0.1, -0.05) is 298 Å². The first kappa shape index (κ1) is 94.3. The summed E-state index contributed by atoms with van der Waals surface area (Å²) >= 11 is 7.34. The molecule has 15 aromatic rings. The molecule has 0 atom stereocenters. The number of benzene rings is 5. The number of sulfone groups is 1. The molecular formula is C101H130N2O6S5. The van der Waals surface area contributed by atoms with Crippen molar-refractivity contribution >= 4 is 119 Å². The lowest BCUT2D eigenvalue weighted by atomic mass is 9.87. The predicted molar refractivity (Wildman–Crippen MR) is 503 cm³/mol. The number of pyridine rings is 1. The van der Waals surface area contributed by atoms with E-state index in [2.05, 4.69) is 328 Å². The average Bonchev–Trinajstić information content (AvgIpc) is 1.64. The molecule has 0 bridgehead atoms. The summed E-state index contributed by atoms with van der Waals surface area (Å²) in [5, 5.41) is 18.7. The van der Waals surface area contributed by atoms with Crippen molar-refractivity contribution in [2.45, 2.75) is 250 Å². The second-order valence-corrected chi connectivity index (χ2v) is 42.8. The minimum Gasteiger partial charge on any atom is -0.472 e. The number of H-pyrrole nitrogens is 1. The number of para-hydroxylation sites is 2. The van der Waals surface area contributed by atoms with Crippen LogP contribution in [0.3, 0.4) is 0 Å². The molecule has 0 fully saturated rings. The van der Waals surface area contributed by atoms with Crippen LogP contribution in [-0.2, 0) is 58.6 Å². The third kappa shape index (κ3) is 29.0. The van der Waals surface area contributed by atoms with Crippen LogP contribution in [0.25, 0.3) is 63.9 Å². The van der Waals surface area contributed by atoms with Gasteiger partial charge in [0.1, 0.15) is 22.7 Å². The number of aromatic nitrogens is 2. The molecule has 0 radical (unpaired) electrons. The first-order chi connectivity index (χ1) is 53.0. The van der Waals surface area contributed by atoms with Crippen LogP contribution in [0.5, 0.6) is 0 Å². The van der Waals surface area contributed by atoms with E-state index in [0.717, 1.165) is 44.5 Å². The molecule has 1 N–H and O–H groups in total. The maximum absolute atomic E-state index is 10.3. The van der Waals surface area contributed by atoms with Crippen molar-refractivity contribution < 1.29 is 26.1 Å². The molecule has 8 nitrogen and oxygen atoms in total. The molecule has 1 aliphatic rings. The van der Waals surface area contributed by atoms with Crippen LogP contribution in [0.4, 0.5) is 0 Å². The van der Waals surface area contributed by atoms with Gasteiger partial charge in [-0.05, 0) is 177 Å². The summed E-state index contributed by atoms with van der Waals surface area (Å²) in [5.41, 5.74) is 12.9. The van der Waals surface area contributed by atoms with Crippen LogP contribution in [0, 0.1) is 0 Å². The van der Waals surface area contributed by atoms with E-state index < -0.39 is 9.84 Å². The van der Waals surface area contributed by atoms with Crippen molar-refractivity contribution in [1.82, 2.24) is 9.97 Å². The molecule has 610 valence electrons. The lowest BCUT2D eigenvalue weighted by Crippen LogP contribution is -2.09. The molecule has 0 saturated carbocycles. The number of allylic oxidation sites excluding steroid dienone is 2. The smallest absolute Gasteiger partial charge is 0.193 e. The van der Waals surface area contributed by atoms with Gasteiger partial charge in [0.2, 0.25) is 0 Å². The third-order valence-corrected chi connectivity index (χ3v) is 23.6. The number of hydrogen-bond acceptors (Lipinski definition) is 11. The Morgan fingerprint density at radius 1 is 0.386 bits per heavy atom. The highest BCUT2D eigenvalue weighted by atomic mass is 32.2. The highest BCUT2D eigenvalue weighted by Crippen LogP contribution is 2.38. The lowest BCUT2D eigenvalue weighted by Gasteiger charge is -2.17. The Labute approximate surface area is 700 Å². The number of hydrogen-bond donors (Lipinski definition) is 1. The minimum atomic E-state index is -2.91. The number of thiophene rings is 4. The topological polar surface area (TPSA) is 115 Å². The second kappa shape index (κ2) is 40.3. The van der Waals surface area contributed by atoms with Gasteiger partial charge in [-0.25, -0.2) is 8.42 Å². The molecule has 0 aliphatic carbocycles. The van der Waals surface area contributed by atoms with Gasteiger partial charge in [0.05, 0.1) is 36.1 Å². The van der Waals surface area contributed by atoms with E-state index in [-0.39, 0.29) is 37.9 Å². The van der Waals surface area contributed by atoms with Crippen LogP contribution in [0.1, 0.15) is 250 Å². The Kier molecular flexibility index (Phi) is 33.4. The van der Waals surface area contributed by atoms with Gasteiger partial charge >= 0.3 is 0 Å². The normalized spacial score (nSPS) is 12.7. The Morgan fingerprint density at radius 3 is 1.40 bits per heavy atom. The average molecular weight is 1630 g/mol. The van der Waals surface area contributed by atoms with Crippen LogP contribution in [0.15, 0.2) is 269 Å². The van der Waals surface area contributed by atoms with Gasteiger partial charge < -0.3 is 22.7 Å². The van der Waals surface area contributed by atoms with Crippen molar-refractivity contribution in [3.05, 3.63) is 301 Å². The molecule has 11 heterocycles. The summed E-state index contributed by atoms with van der Waals surface area (Å²) in [6.45, 7) is 63.6. The molecule has 0 amide bonds. The zero-order valence-electron chi connectivity index (χ0n) is 73.7. The number of fused-ring (bicyclic) bond motifs is 7. The molecule has 0 unspecified atom stereocenters. The highest BCUT2D eigenvalue weighted by molar-refractivity contribution is 7.97. The van der Waals surface area contributed by atoms with E-state index in [1.165, 1.54) is 91.4 Å². The molecule has 16 rings (SSSR count). The van der Waals surface area contributed by atoms with Gasteiger partial charge in [-0.2, -0.15) is 11.3 Å². The molecular weight excluding hydrogens is 1500 g/mol. The largest absolute Gasteiger partial charge is 0.472 e. The fraction of sp³-hybridized carbons (Fsp3) is 0.376. The summed E-state index contributed by atoms with van der Waals surface area (Å²) < 4.78 is 44.7. The summed E-state index contributed by atoms with van der Waals surface area (Å²) in [6.07, 6.45) is 14.0. The maximum Gasteiger partial charge on any atom is 0.193 e. The van der Waals surface area contributed by atoms with Crippen LogP contribution in [0.2, 0.25) is 0 Å².